The van der Waals surface area contributed by atoms with Gasteiger partial charge in [0, 0.05) is 11.4 Å². The van der Waals surface area contributed by atoms with Gasteiger partial charge in [0.05, 0.1) is 0 Å². The monoisotopic (exact) mass is 523 g/mol. The highest BCUT2D eigenvalue weighted by atomic mass is 14.9. The van der Waals surface area contributed by atoms with Crippen LogP contribution in [0.5, 0.6) is 0 Å². The lowest BCUT2D eigenvalue weighted by Crippen LogP contribution is -1.91. The van der Waals surface area contributed by atoms with E-state index in [-0.39, 0.29) is 0 Å². The highest BCUT2D eigenvalue weighted by Gasteiger charge is 2.08. The minimum Gasteiger partial charge on any atom is -0.356 e. The van der Waals surface area contributed by atoms with Crippen LogP contribution in [0.1, 0.15) is 0 Å². The van der Waals surface area contributed by atoms with Crippen LogP contribution < -0.4 is 5.32 Å². The SMILES string of the molecule is c1ccc(-c2ccc(-c3ccccc3-c3ccc(Nc4ccc(-c5ccc6ccccc6c5)cc4)cc3)cc2)cc1. The second kappa shape index (κ2) is 11.0. The largest absolute Gasteiger partial charge is 0.356 e. The molecule has 1 nitrogen and oxygen atoms in total. The Hall–Kier alpha value is -5.40. The molecule has 0 heterocycles. The first kappa shape index (κ1) is 24.6. The zero-order valence-corrected chi connectivity index (χ0v) is 22.7. The van der Waals surface area contributed by atoms with Gasteiger partial charge >= 0.3 is 0 Å². The van der Waals surface area contributed by atoms with E-state index in [1.807, 2.05) is 0 Å². The van der Waals surface area contributed by atoms with E-state index >= 15 is 0 Å². The topological polar surface area (TPSA) is 12.0 Å². The number of rotatable bonds is 6. The average Bonchev–Trinajstić information content (AvgIpc) is 3.06. The third-order valence-corrected chi connectivity index (χ3v) is 7.68. The number of nitrogens with one attached hydrogen (secondary N) is 1. The molecule has 41 heavy (non-hydrogen) atoms. The standard InChI is InChI=1S/C40H29N/c1-2-8-29(9-3-1)31-14-17-33(18-15-31)39-12-6-7-13-40(39)34-22-26-38(27-23-34)41-37-24-20-32(21-25-37)36-19-16-30-10-4-5-11-35(30)28-36/h1-28,41H. The maximum Gasteiger partial charge on any atom is 0.0384 e. The van der Waals surface area contributed by atoms with Crippen LogP contribution in [0.25, 0.3) is 55.3 Å². The smallest absolute Gasteiger partial charge is 0.0384 e. The van der Waals surface area contributed by atoms with Crippen LogP contribution in [0, 0.1) is 0 Å². The van der Waals surface area contributed by atoms with E-state index in [2.05, 4.69) is 175 Å². The lowest BCUT2D eigenvalue weighted by molar-refractivity contribution is 1.53. The van der Waals surface area contributed by atoms with Gasteiger partial charge in [-0.15, -0.1) is 0 Å². The third kappa shape index (κ3) is 5.26. The Labute approximate surface area is 241 Å². The summed E-state index contributed by atoms with van der Waals surface area (Å²) in [5.74, 6) is 0. The summed E-state index contributed by atoms with van der Waals surface area (Å²) in [6.07, 6.45) is 0. The molecule has 194 valence electrons. The highest BCUT2D eigenvalue weighted by molar-refractivity contribution is 5.88. The second-order valence-electron chi connectivity index (χ2n) is 10.3. The van der Waals surface area contributed by atoms with Gasteiger partial charge in [-0.2, -0.15) is 0 Å². The Kier molecular flexibility index (Phi) is 6.61. The Morgan fingerprint density at radius 1 is 0.268 bits per heavy atom. The Bertz CT molecular complexity index is 1920. The fourth-order valence-electron chi connectivity index (χ4n) is 5.47. The van der Waals surface area contributed by atoms with Crippen LogP contribution in [0.2, 0.25) is 0 Å². The fourth-order valence-corrected chi connectivity index (χ4v) is 5.47. The average molecular weight is 524 g/mol. The van der Waals surface area contributed by atoms with E-state index in [4.69, 9.17) is 0 Å². The van der Waals surface area contributed by atoms with Crippen molar-refractivity contribution < 1.29 is 0 Å². The summed E-state index contributed by atoms with van der Waals surface area (Å²) in [5, 5.41) is 6.09. The van der Waals surface area contributed by atoms with Gasteiger partial charge in [-0.3, -0.25) is 0 Å². The first-order valence-corrected chi connectivity index (χ1v) is 14.0. The van der Waals surface area contributed by atoms with E-state index < -0.39 is 0 Å². The molecule has 1 heteroatoms. The molecule has 0 saturated carbocycles. The number of benzene rings is 7. The summed E-state index contributed by atoms with van der Waals surface area (Å²) in [6.45, 7) is 0. The second-order valence-corrected chi connectivity index (χ2v) is 10.3. The Morgan fingerprint density at radius 2 is 0.683 bits per heavy atom. The van der Waals surface area contributed by atoms with Gasteiger partial charge in [-0.1, -0.05) is 140 Å². The number of fused-ring (bicyclic) bond motifs is 1. The molecular weight excluding hydrogens is 494 g/mol. The van der Waals surface area contributed by atoms with Gasteiger partial charge in [0.25, 0.3) is 0 Å². The molecular formula is C40H29N. The van der Waals surface area contributed by atoms with E-state index in [1.54, 1.807) is 0 Å². The van der Waals surface area contributed by atoms with Crippen molar-refractivity contribution >= 4 is 22.1 Å². The molecule has 0 aromatic heterocycles. The van der Waals surface area contributed by atoms with Crippen LogP contribution in [-0.2, 0) is 0 Å². The zero-order chi connectivity index (χ0) is 27.4. The number of hydrogen-bond donors (Lipinski definition) is 1. The molecule has 0 unspecified atom stereocenters. The predicted molar refractivity (Wildman–Crippen MR) is 175 cm³/mol. The quantitative estimate of drug-likeness (QED) is 0.229. The zero-order valence-electron chi connectivity index (χ0n) is 22.7. The van der Waals surface area contributed by atoms with Crippen molar-refractivity contribution in [2.24, 2.45) is 0 Å². The van der Waals surface area contributed by atoms with Gasteiger partial charge in [0.1, 0.15) is 0 Å². The van der Waals surface area contributed by atoms with Crippen LogP contribution >= 0.6 is 0 Å². The van der Waals surface area contributed by atoms with Crippen LogP contribution in [0.4, 0.5) is 11.4 Å². The molecule has 7 rings (SSSR count). The van der Waals surface area contributed by atoms with Crippen molar-refractivity contribution in [2.75, 3.05) is 5.32 Å². The molecule has 0 aliphatic carbocycles. The molecule has 0 atom stereocenters. The normalized spacial score (nSPS) is 10.9. The van der Waals surface area contributed by atoms with E-state index in [0.717, 1.165) is 11.4 Å². The summed E-state index contributed by atoms with van der Waals surface area (Å²) >= 11 is 0. The maximum atomic E-state index is 3.56. The molecule has 0 saturated heterocycles. The van der Waals surface area contributed by atoms with Gasteiger partial charge in [0.2, 0.25) is 0 Å². The molecule has 0 spiro atoms. The number of hydrogen-bond acceptors (Lipinski definition) is 1. The summed E-state index contributed by atoms with van der Waals surface area (Å²) in [7, 11) is 0. The van der Waals surface area contributed by atoms with Crippen molar-refractivity contribution in [1.29, 1.82) is 0 Å². The first-order valence-electron chi connectivity index (χ1n) is 14.0. The summed E-state index contributed by atoms with van der Waals surface area (Å²) < 4.78 is 0. The van der Waals surface area contributed by atoms with Crippen molar-refractivity contribution in [1.82, 2.24) is 0 Å². The molecule has 0 fully saturated rings. The molecule has 0 aliphatic heterocycles. The summed E-state index contributed by atoms with van der Waals surface area (Å²) in [6, 6.07) is 60.5. The van der Waals surface area contributed by atoms with Crippen molar-refractivity contribution in [2.45, 2.75) is 0 Å². The summed E-state index contributed by atoms with van der Waals surface area (Å²) in [4.78, 5) is 0. The van der Waals surface area contributed by atoms with Crippen LogP contribution in [0.15, 0.2) is 170 Å². The van der Waals surface area contributed by atoms with Crippen molar-refractivity contribution in [3.63, 3.8) is 0 Å². The Morgan fingerprint density at radius 3 is 1.32 bits per heavy atom. The molecule has 0 radical (unpaired) electrons. The molecule has 0 amide bonds. The molecule has 0 bridgehead atoms. The highest BCUT2D eigenvalue weighted by Crippen LogP contribution is 2.34. The van der Waals surface area contributed by atoms with Gasteiger partial charge in [0.15, 0.2) is 0 Å². The fraction of sp³-hybridized carbons (Fsp3) is 0. The minimum atomic E-state index is 1.07. The molecule has 7 aromatic carbocycles. The lowest BCUT2D eigenvalue weighted by atomic mass is 9.93. The van der Waals surface area contributed by atoms with Crippen LogP contribution in [0.3, 0.4) is 0 Å². The van der Waals surface area contributed by atoms with Crippen molar-refractivity contribution in [3.8, 4) is 44.5 Å². The van der Waals surface area contributed by atoms with Crippen LogP contribution in [-0.4, -0.2) is 0 Å². The molecule has 0 aliphatic rings. The van der Waals surface area contributed by atoms with Gasteiger partial charge in [-0.25, -0.2) is 0 Å². The van der Waals surface area contributed by atoms with Crippen molar-refractivity contribution in [3.05, 3.63) is 170 Å². The Balaban J connectivity index is 1.09. The third-order valence-electron chi connectivity index (χ3n) is 7.68. The summed E-state index contributed by atoms with van der Waals surface area (Å²) in [5.41, 5.74) is 11.9. The lowest BCUT2D eigenvalue weighted by Gasteiger charge is -2.13. The van der Waals surface area contributed by atoms with E-state index in [1.165, 1.54) is 55.3 Å². The maximum absolute atomic E-state index is 3.56. The molecule has 1 N–H and O–H groups in total. The predicted octanol–water partition coefficient (Wildman–Crippen LogP) is 11.3. The molecule has 7 aromatic rings. The minimum absolute atomic E-state index is 1.07. The van der Waals surface area contributed by atoms with Gasteiger partial charge in [-0.05, 0) is 85.6 Å². The van der Waals surface area contributed by atoms with E-state index in [9.17, 15) is 0 Å². The first-order chi connectivity index (χ1) is 20.3. The van der Waals surface area contributed by atoms with E-state index in [0.29, 0.717) is 0 Å². The van der Waals surface area contributed by atoms with Gasteiger partial charge < -0.3 is 5.32 Å². The number of anilines is 2.